The zero-order valence-electron chi connectivity index (χ0n) is 9.43. The Morgan fingerprint density at radius 3 is 3.06 bits per heavy atom. The molecule has 0 fully saturated rings. The maximum Gasteiger partial charge on any atom is 0.322 e. The van der Waals surface area contributed by atoms with Crippen LogP contribution in [-0.4, -0.2) is 29.4 Å². The predicted octanol–water partition coefficient (Wildman–Crippen LogP) is 1.36. The van der Waals surface area contributed by atoms with Crippen LogP contribution < -0.4 is 5.73 Å². The summed E-state index contributed by atoms with van der Waals surface area (Å²) in [5.41, 5.74) is 6.48. The van der Waals surface area contributed by atoms with Crippen LogP contribution in [-0.2, 0) is 9.53 Å². The first-order chi connectivity index (χ1) is 7.63. The lowest BCUT2D eigenvalue weighted by atomic mass is 10.2. The quantitative estimate of drug-likeness (QED) is 0.601. The molecule has 0 aliphatic carbocycles. The van der Waals surface area contributed by atoms with Crippen LogP contribution in [0.3, 0.4) is 0 Å². The van der Waals surface area contributed by atoms with Gasteiger partial charge in [-0.15, -0.1) is 0 Å². The Hall–Kier alpha value is -1.01. The van der Waals surface area contributed by atoms with Crippen molar-refractivity contribution in [2.75, 3.05) is 12.4 Å². The molecule has 0 amide bonds. The van der Waals surface area contributed by atoms with E-state index in [1.807, 2.05) is 6.92 Å². The van der Waals surface area contributed by atoms with Crippen molar-refractivity contribution in [2.45, 2.75) is 31.5 Å². The number of aryl methyl sites for hydroxylation is 1. The summed E-state index contributed by atoms with van der Waals surface area (Å²) in [6.07, 6.45) is 2.14. The van der Waals surface area contributed by atoms with Gasteiger partial charge in [0.2, 0.25) is 0 Å². The zero-order chi connectivity index (χ0) is 12.0. The standard InChI is InChI=1S/C10H16N2O3S/c1-3-14-9(13)8(11)4-5-16-10-12-7(2)6-15-10/h6,8H,3-5,11H2,1-2H3. The number of ether oxygens (including phenoxy) is 1. The van der Waals surface area contributed by atoms with Crippen molar-refractivity contribution >= 4 is 17.7 Å². The Morgan fingerprint density at radius 1 is 1.75 bits per heavy atom. The average Bonchev–Trinajstić information content (AvgIpc) is 2.64. The lowest BCUT2D eigenvalue weighted by Gasteiger charge is -2.08. The molecule has 1 rings (SSSR count). The predicted molar refractivity (Wildman–Crippen MR) is 61.2 cm³/mol. The van der Waals surface area contributed by atoms with Gasteiger partial charge in [0, 0.05) is 5.75 Å². The molecular weight excluding hydrogens is 228 g/mol. The van der Waals surface area contributed by atoms with E-state index in [0.717, 1.165) is 5.69 Å². The lowest BCUT2D eigenvalue weighted by molar-refractivity contribution is -0.144. The highest BCUT2D eigenvalue weighted by Crippen LogP contribution is 2.17. The van der Waals surface area contributed by atoms with Crippen molar-refractivity contribution in [3.05, 3.63) is 12.0 Å². The number of carbonyl (C=O) groups excluding carboxylic acids is 1. The first-order valence-corrected chi connectivity index (χ1v) is 6.09. The fourth-order valence-corrected chi connectivity index (χ4v) is 1.91. The number of esters is 1. The van der Waals surface area contributed by atoms with E-state index in [9.17, 15) is 4.79 Å². The minimum absolute atomic E-state index is 0.355. The molecule has 0 aliphatic rings. The van der Waals surface area contributed by atoms with E-state index in [-0.39, 0.29) is 5.97 Å². The molecule has 90 valence electrons. The van der Waals surface area contributed by atoms with Crippen molar-refractivity contribution in [1.29, 1.82) is 0 Å². The van der Waals surface area contributed by atoms with Gasteiger partial charge in [-0.2, -0.15) is 0 Å². The molecule has 6 heteroatoms. The summed E-state index contributed by atoms with van der Waals surface area (Å²) >= 11 is 1.44. The van der Waals surface area contributed by atoms with Gasteiger partial charge in [0.15, 0.2) is 0 Å². The topological polar surface area (TPSA) is 78.4 Å². The molecule has 1 unspecified atom stereocenters. The van der Waals surface area contributed by atoms with Crippen LogP contribution in [0.15, 0.2) is 15.9 Å². The average molecular weight is 244 g/mol. The molecular formula is C10H16N2O3S. The van der Waals surface area contributed by atoms with Crippen molar-refractivity contribution in [3.8, 4) is 0 Å². The van der Waals surface area contributed by atoms with E-state index < -0.39 is 6.04 Å². The Morgan fingerprint density at radius 2 is 2.50 bits per heavy atom. The second kappa shape index (κ2) is 6.55. The summed E-state index contributed by atoms with van der Waals surface area (Å²) in [7, 11) is 0. The number of oxazole rings is 1. The third-order valence-electron chi connectivity index (χ3n) is 1.84. The smallest absolute Gasteiger partial charge is 0.322 e. The molecule has 0 bridgehead atoms. The number of thioether (sulfide) groups is 1. The minimum Gasteiger partial charge on any atom is -0.465 e. The molecule has 1 aromatic heterocycles. The number of rotatable bonds is 6. The molecule has 0 aliphatic heterocycles. The van der Waals surface area contributed by atoms with Gasteiger partial charge in [-0.05, 0) is 20.3 Å². The molecule has 0 saturated carbocycles. The summed E-state index contributed by atoms with van der Waals surface area (Å²) in [6.45, 7) is 3.98. The maximum absolute atomic E-state index is 11.2. The largest absolute Gasteiger partial charge is 0.465 e. The molecule has 0 radical (unpaired) electrons. The summed E-state index contributed by atoms with van der Waals surface area (Å²) in [4.78, 5) is 15.3. The Bertz CT molecular complexity index is 341. The molecule has 16 heavy (non-hydrogen) atoms. The summed E-state index contributed by atoms with van der Waals surface area (Å²) in [5.74, 6) is 0.326. The van der Waals surface area contributed by atoms with Crippen molar-refractivity contribution < 1.29 is 13.9 Å². The highest BCUT2D eigenvalue weighted by atomic mass is 32.2. The SMILES string of the molecule is CCOC(=O)C(N)CCSc1nc(C)co1. The van der Waals surface area contributed by atoms with E-state index in [2.05, 4.69) is 4.98 Å². The third-order valence-corrected chi connectivity index (χ3v) is 2.72. The van der Waals surface area contributed by atoms with Crippen LogP contribution >= 0.6 is 11.8 Å². The van der Waals surface area contributed by atoms with Gasteiger partial charge in [0.25, 0.3) is 5.22 Å². The number of hydrogen-bond acceptors (Lipinski definition) is 6. The third kappa shape index (κ3) is 4.24. The Kier molecular flexibility index (Phi) is 5.34. The maximum atomic E-state index is 11.2. The van der Waals surface area contributed by atoms with Gasteiger partial charge in [-0.25, -0.2) is 4.98 Å². The van der Waals surface area contributed by atoms with Crippen LogP contribution in [0, 0.1) is 6.92 Å². The summed E-state index contributed by atoms with van der Waals surface area (Å²) in [6, 6.07) is -0.566. The van der Waals surface area contributed by atoms with Crippen LogP contribution in [0.4, 0.5) is 0 Å². The molecule has 0 spiro atoms. The molecule has 1 atom stereocenters. The number of hydrogen-bond donors (Lipinski definition) is 1. The number of nitrogens with zero attached hydrogens (tertiary/aromatic N) is 1. The molecule has 1 aromatic rings. The van der Waals surface area contributed by atoms with Crippen molar-refractivity contribution in [2.24, 2.45) is 5.73 Å². The minimum atomic E-state index is -0.566. The number of carbonyl (C=O) groups is 1. The molecule has 0 aromatic carbocycles. The normalized spacial score (nSPS) is 12.4. The van der Waals surface area contributed by atoms with Gasteiger partial charge in [-0.3, -0.25) is 4.79 Å². The highest BCUT2D eigenvalue weighted by Gasteiger charge is 2.14. The highest BCUT2D eigenvalue weighted by molar-refractivity contribution is 7.99. The van der Waals surface area contributed by atoms with Gasteiger partial charge >= 0.3 is 5.97 Å². The fraction of sp³-hybridized carbons (Fsp3) is 0.600. The van der Waals surface area contributed by atoms with Gasteiger partial charge in [0.05, 0.1) is 12.3 Å². The van der Waals surface area contributed by atoms with Crippen LogP contribution in [0.25, 0.3) is 0 Å². The number of nitrogens with two attached hydrogens (primary N) is 1. The van der Waals surface area contributed by atoms with Gasteiger partial charge in [0.1, 0.15) is 12.3 Å². The molecule has 2 N–H and O–H groups in total. The van der Waals surface area contributed by atoms with E-state index in [4.69, 9.17) is 14.9 Å². The molecule has 1 heterocycles. The van der Waals surface area contributed by atoms with Gasteiger partial charge in [-0.1, -0.05) is 11.8 Å². The van der Waals surface area contributed by atoms with Crippen LogP contribution in [0.2, 0.25) is 0 Å². The first kappa shape index (κ1) is 13.1. The second-order valence-corrected chi connectivity index (χ2v) is 4.30. The van der Waals surface area contributed by atoms with E-state index in [0.29, 0.717) is 24.0 Å². The zero-order valence-corrected chi connectivity index (χ0v) is 10.3. The molecule has 0 saturated heterocycles. The lowest BCUT2D eigenvalue weighted by Crippen LogP contribution is -2.32. The van der Waals surface area contributed by atoms with Crippen molar-refractivity contribution in [1.82, 2.24) is 4.98 Å². The summed E-state index contributed by atoms with van der Waals surface area (Å²) < 4.78 is 9.95. The van der Waals surface area contributed by atoms with E-state index in [1.165, 1.54) is 11.8 Å². The van der Waals surface area contributed by atoms with Crippen molar-refractivity contribution in [3.63, 3.8) is 0 Å². The molecule has 5 nitrogen and oxygen atoms in total. The second-order valence-electron chi connectivity index (χ2n) is 3.25. The monoisotopic (exact) mass is 244 g/mol. The summed E-state index contributed by atoms with van der Waals surface area (Å²) in [5, 5.41) is 0.605. The Balaban J connectivity index is 2.22. The van der Waals surface area contributed by atoms with E-state index in [1.54, 1.807) is 13.2 Å². The number of aromatic nitrogens is 1. The van der Waals surface area contributed by atoms with Crippen LogP contribution in [0.5, 0.6) is 0 Å². The van der Waals surface area contributed by atoms with Crippen LogP contribution in [0.1, 0.15) is 19.0 Å². The fourth-order valence-electron chi connectivity index (χ4n) is 1.04. The Labute approximate surface area is 98.7 Å². The van der Waals surface area contributed by atoms with E-state index >= 15 is 0 Å². The first-order valence-electron chi connectivity index (χ1n) is 5.10. The van der Waals surface area contributed by atoms with Gasteiger partial charge < -0.3 is 14.9 Å².